The standard InChI is InChI=1S/C20H23N7O3/c1-10-15(9-22-26-10)18(29)24-12-4-20(5-12)6-13(7-20)30-19-14(16(21)28)3-11-8-23-27(2)17(11)25-19/h3,8-9,12-13H,4-7H2,1-2H3,(H2,21,28)(H,22,26)(H,24,29). The third-order valence-electron chi connectivity index (χ3n) is 6.31. The molecule has 2 aliphatic rings. The number of amides is 2. The van der Waals surface area contributed by atoms with E-state index in [1.165, 1.54) is 0 Å². The third kappa shape index (κ3) is 2.99. The number of nitrogens with one attached hydrogen (secondary N) is 2. The van der Waals surface area contributed by atoms with Crippen LogP contribution >= 0.6 is 0 Å². The Morgan fingerprint density at radius 3 is 2.70 bits per heavy atom. The summed E-state index contributed by atoms with van der Waals surface area (Å²) >= 11 is 0. The molecule has 2 fully saturated rings. The van der Waals surface area contributed by atoms with Crippen LogP contribution in [0.2, 0.25) is 0 Å². The quantitative estimate of drug-likeness (QED) is 0.579. The highest BCUT2D eigenvalue weighted by Crippen LogP contribution is 2.56. The summed E-state index contributed by atoms with van der Waals surface area (Å²) < 4.78 is 7.68. The van der Waals surface area contributed by atoms with Gasteiger partial charge in [-0.1, -0.05) is 0 Å². The minimum Gasteiger partial charge on any atom is -0.474 e. The van der Waals surface area contributed by atoms with Crippen LogP contribution in [0.1, 0.15) is 52.1 Å². The van der Waals surface area contributed by atoms with Crippen molar-refractivity contribution >= 4 is 22.8 Å². The van der Waals surface area contributed by atoms with E-state index in [9.17, 15) is 9.59 Å². The third-order valence-corrected chi connectivity index (χ3v) is 6.31. The number of hydrogen-bond acceptors (Lipinski definition) is 6. The molecule has 3 aromatic heterocycles. The largest absolute Gasteiger partial charge is 0.474 e. The number of fused-ring (bicyclic) bond motifs is 1. The average molecular weight is 409 g/mol. The molecule has 3 aromatic rings. The molecule has 2 saturated carbocycles. The number of pyridine rings is 1. The van der Waals surface area contributed by atoms with Crippen LogP contribution in [0.4, 0.5) is 0 Å². The van der Waals surface area contributed by atoms with Crippen molar-refractivity contribution in [3.63, 3.8) is 0 Å². The van der Waals surface area contributed by atoms with Crippen LogP contribution < -0.4 is 15.8 Å². The fourth-order valence-electron chi connectivity index (χ4n) is 4.74. The maximum atomic E-state index is 12.3. The summed E-state index contributed by atoms with van der Waals surface area (Å²) in [5, 5.41) is 14.6. The minimum atomic E-state index is -0.571. The van der Waals surface area contributed by atoms with Gasteiger partial charge in [-0.2, -0.15) is 15.2 Å². The lowest BCUT2D eigenvalue weighted by Crippen LogP contribution is -2.58. The fraction of sp³-hybridized carbons (Fsp3) is 0.450. The van der Waals surface area contributed by atoms with Crippen LogP contribution in [0.25, 0.3) is 11.0 Å². The highest BCUT2D eigenvalue weighted by Gasteiger charge is 2.54. The van der Waals surface area contributed by atoms with E-state index >= 15 is 0 Å². The molecule has 10 nitrogen and oxygen atoms in total. The number of aryl methyl sites for hydroxylation is 2. The molecule has 0 atom stereocenters. The molecule has 2 amide bonds. The number of carbonyl (C=O) groups excluding carboxylic acids is 2. The van der Waals surface area contributed by atoms with Gasteiger partial charge in [-0.25, -0.2) is 0 Å². The molecule has 5 rings (SSSR count). The van der Waals surface area contributed by atoms with Gasteiger partial charge in [-0.15, -0.1) is 0 Å². The number of aromatic amines is 1. The van der Waals surface area contributed by atoms with E-state index in [-0.39, 0.29) is 34.9 Å². The summed E-state index contributed by atoms with van der Waals surface area (Å²) in [7, 11) is 1.79. The number of ether oxygens (including phenoxy) is 1. The van der Waals surface area contributed by atoms with Gasteiger partial charge in [-0.05, 0) is 44.1 Å². The second-order valence-corrected chi connectivity index (χ2v) is 8.52. The van der Waals surface area contributed by atoms with Crippen molar-refractivity contribution in [1.29, 1.82) is 0 Å². The van der Waals surface area contributed by atoms with Crippen molar-refractivity contribution < 1.29 is 14.3 Å². The van der Waals surface area contributed by atoms with Crippen LogP contribution in [0.15, 0.2) is 18.5 Å². The van der Waals surface area contributed by atoms with Crippen LogP contribution in [0.3, 0.4) is 0 Å². The summed E-state index contributed by atoms with van der Waals surface area (Å²) in [6.45, 7) is 1.83. The van der Waals surface area contributed by atoms with Crippen molar-refractivity contribution in [2.75, 3.05) is 0 Å². The van der Waals surface area contributed by atoms with Crippen molar-refractivity contribution in [3.05, 3.63) is 35.3 Å². The van der Waals surface area contributed by atoms with E-state index in [1.54, 1.807) is 30.2 Å². The summed E-state index contributed by atoms with van der Waals surface area (Å²) in [5.41, 5.74) is 7.98. The first-order chi connectivity index (χ1) is 14.3. The molecule has 0 aromatic carbocycles. The number of H-pyrrole nitrogens is 1. The molecule has 1 spiro atoms. The maximum Gasteiger partial charge on any atom is 0.254 e. The molecular weight excluding hydrogens is 386 g/mol. The molecule has 0 bridgehead atoms. The van der Waals surface area contributed by atoms with E-state index < -0.39 is 5.91 Å². The molecule has 3 heterocycles. The molecule has 0 saturated heterocycles. The van der Waals surface area contributed by atoms with E-state index in [0.29, 0.717) is 11.2 Å². The van der Waals surface area contributed by atoms with Crippen LogP contribution in [0, 0.1) is 12.3 Å². The van der Waals surface area contributed by atoms with E-state index in [4.69, 9.17) is 10.5 Å². The second-order valence-electron chi connectivity index (χ2n) is 8.52. The first-order valence-corrected chi connectivity index (χ1v) is 9.94. The zero-order chi connectivity index (χ0) is 21.0. The second kappa shape index (κ2) is 6.54. The van der Waals surface area contributed by atoms with Crippen molar-refractivity contribution in [1.82, 2.24) is 30.3 Å². The number of hydrogen-bond donors (Lipinski definition) is 3. The molecule has 30 heavy (non-hydrogen) atoms. The number of primary amides is 1. The molecule has 156 valence electrons. The Morgan fingerprint density at radius 2 is 2.03 bits per heavy atom. The molecule has 10 heteroatoms. The average Bonchev–Trinajstić information content (AvgIpc) is 3.23. The molecule has 2 aliphatic carbocycles. The van der Waals surface area contributed by atoms with Crippen molar-refractivity contribution in [3.8, 4) is 5.88 Å². The topological polar surface area (TPSA) is 141 Å². The Bertz CT molecular complexity index is 1150. The normalized spacial score (nSPS) is 25.0. The van der Waals surface area contributed by atoms with Crippen molar-refractivity contribution in [2.45, 2.75) is 44.8 Å². The molecular formula is C20H23N7O3. The Morgan fingerprint density at radius 1 is 1.27 bits per heavy atom. The first kappa shape index (κ1) is 18.6. The lowest BCUT2D eigenvalue weighted by Gasteiger charge is -2.57. The number of nitrogens with zero attached hydrogens (tertiary/aromatic N) is 4. The van der Waals surface area contributed by atoms with E-state index in [0.717, 1.165) is 36.8 Å². The summed E-state index contributed by atoms with van der Waals surface area (Å²) in [6.07, 6.45) is 6.76. The summed E-state index contributed by atoms with van der Waals surface area (Å²) in [6, 6.07) is 1.84. The number of rotatable bonds is 5. The Labute approximate surface area is 172 Å². The molecule has 0 radical (unpaired) electrons. The van der Waals surface area contributed by atoms with Gasteiger partial charge in [0.05, 0.1) is 18.0 Å². The Kier molecular flexibility index (Phi) is 4.05. The van der Waals surface area contributed by atoms with Gasteiger partial charge in [0.25, 0.3) is 11.8 Å². The lowest BCUT2D eigenvalue weighted by atomic mass is 9.53. The van der Waals surface area contributed by atoms with E-state index in [2.05, 4.69) is 25.6 Å². The molecule has 0 aliphatic heterocycles. The molecule has 4 N–H and O–H groups in total. The van der Waals surface area contributed by atoms with Crippen LogP contribution in [0.5, 0.6) is 5.88 Å². The van der Waals surface area contributed by atoms with Crippen molar-refractivity contribution in [2.24, 2.45) is 18.2 Å². The van der Waals surface area contributed by atoms with Gasteiger partial charge >= 0.3 is 0 Å². The predicted molar refractivity (Wildman–Crippen MR) is 107 cm³/mol. The fourth-order valence-corrected chi connectivity index (χ4v) is 4.74. The van der Waals surface area contributed by atoms with Crippen LogP contribution in [-0.4, -0.2) is 48.9 Å². The zero-order valence-corrected chi connectivity index (χ0v) is 16.8. The van der Waals surface area contributed by atoms with Crippen LogP contribution in [-0.2, 0) is 7.05 Å². The van der Waals surface area contributed by atoms with Gasteiger partial charge in [0.15, 0.2) is 5.65 Å². The van der Waals surface area contributed by atoms with Gasteiger partial charge in [0, 0.05) is 24.2 Å². The predicted octanol–water partition coefficient (Wildman–Crippen LogP) is 1.22. The Hall–Kier alpha value is -3.43. The monoisotopic (exact) mass is 409 g/mol. The number of carbonyl (C=O) groups is 2. The highest BCUT2D eigenvalue weighted by atomic mass is 16.5. The van der Waals surface area contributed by atoms with Gasteiger partial charge in [0.2, 0.25) is 5.88 Å². The van der Waals surface area contributed by atoms with Gasteiger partial charge in [-0.3, -0.25) is 19.4 Å². The number of aromatic nitrogens is 5. The van der Waals surface area contributed by atoms with Gasteiger partial charge < -0.3 is 15.8 Å². The zero-order valence-electron chi connectivity index (χ0n) is 16.8. The summed E-state index contributed by atoms with van der Waals surface area (Å²) in [4.78, 5) is 28.6. The Balaban J connectivity index is 1.20. The molecule has 0 unspecified atom stereocenters. The lowest BCUT2D eigenvalue weighted by molar-refractivity contribution is -0.0847. The summed E-state index contributed by atoms with van der Waals surface area (Å²) in [5.74, 6) is -0.399. The minimum absolute atomic E-state index is 0.0194. The smallest absolute Gasteiger partial charge is 0.254 e. The first-order valence-electron chi connectivity index (χ1n) is 9.94. The van der Waals surface area contributed by atoms with E-state index in [1.807, 2.05) is 6.92 Å². The van der Waals surface area contributed by atoms with Gasteiger partial charge in [0.1, 0.15) is 11.7 Å². The SMILES string of the molecule is Cc1[nH]ncc1C(=O)NC1CC2(C1)CC(Oc1nc3c(cnn3C)cc1C(N)=O)C2. The number of nitrogens with two attached hydrogens (primary N) is 1. The highest BCUT2D eigenvalue weighted by molar-refractivity contribution is 5.98. The maximum absolute atomic E-state index is 12.3.